The van der Waals surface area contributed by atoms with Gasteiger partial charge in [0.25, 0.3) is 5.91 Å². The van der Waals surface area contributed by atoms with Crippen molar-refractivity contribution in [2.75, 3.05) is 0 Å². The summed E-state index contributed by atoms with van der Waals surface area (Å²) in [4.78, 5) is 12.4. The summed E-state index contributed by atoms with van der Waals surface area (Å²) in [5, 5.41) is 2.98. The van der Waals surface area contributed by atoms with Crippen molar-refractivity contribution < 1.29 is 13.6 Å². The first-order valence-corrected chi connectivity index (χ1v) is 7.50. The molecule has 3 unspecified atom stereocenters. The number of carbonyl (C=O) groups is 1. The number of fused-ring (bicyclic) bond motifs is 2. The molecule has 2 saturated carbocycles. The summed E-state index contributed by atoms with van der Waals surface area (Å²) in [6.07, 6.45) is 3.36. The second-order valence-corrected chi connectivity index (χ2v) is 7.42. The zero-order valence-electron chi connectivity index (χ0n) is 12.7. The van der Waals surface area contributed by atoms with Crippen LogP contribution in [0.2, 0.25) is 0 Å². The molecule has 3 rings (SSSR count). The van der Waals surface area contributed by atoms with Crippen LogP contribution in [0.4, 0.5) is 8.78 Å². The Morgan fingerprint density at radius 2 is 2.00 bits per heavy atom. The molecule has 1 amide bonds. The lowest BCUT2D eigenvalue weighted by molar-refractivity contribution is 0.0733. The molecule has 0 aromatic heterocycles. The number of hydrogen-bond donors (Lipinski definition) is 1. The van der Waals surface area contributed by atoms with E-state index in [0.717, 1.165) is 18.9 Å². The molecule has 114 valence electrons. The maximum atomic E-state index is 13.8. The second-order valence-electron chi connectivity index (χ2n) is 7.42. The average Bonchev–Trinajstić information content (AvgIpc) is 2.89. The lowest BCUT2D eigenvalue weighted by atomic mass is 9.68. The van der Waals surface area contributed by atoms with Gasteiger partial charge in [0.1, 0.15) is 0 Å². The predicted molar refractivity (Wildman–Crippen MR) is 76.8 cm³/mol. The lowest BCUT2D eigenvalue weighted by Crippen LogP contribution is -2.52. The Balaban J connectivity index is 1.87. The fourth-order valence-electron chi connectivity index (χ4n) is 4.55. The monoisotopic (exact) mass is 293 g/mol. The molecule has 2 nitrogen and oxygen atoms in total. The third-order valence-electron chi connectivity index (χ3n) is 5.74. The molecule has 2 fully saturated rings. The highest BCUT2D eigenvalue weighted by atomic mass is 19.2. The van der Waals surface area contributed by atoms with Gasteiger partial charge in [-0.3, -0.25) is 4.79 Å². The Morgan fingerprint density at radius 1 is 1.29 bits per heavy atom. The number of amides is 1. The van der Waals surface area contributed by atoms with E-state index in [1.807, 2.05) is 0 Å². The molecule has 2 aliphatic carbocycles. The van der Waals surface area contributed by atoms with E-state index in [-0.39, 0.29) is 22.4 Å². The van der Waals surface area contributed by atoms with E-state index in [0.29, 0.717) is 5.92 Å². The number of carbonyl (C=O) groups excluding carboxylic acids is 1. The molecule has 21 heavy (non-hydrogen) atoms. The van der Waals surface area contributed by atoms with Crippen LogP contribution in [0.3, 0.4) is 0 Å². The van der Waals surface area contributed by atoms with E-state index >= 15 is 0 Å². The lowest BCUT2D eigenvalue weighted by Gasteiger charge is -2.43. The van der Waals surface area contributed by atoms with Gasteiger partial charge < -0.3 is 5.32 Å². The molecule has 4 heteroatoms. The number of halogens is 2. The summed E-state index contributed by atoms with van der Waals surface area (Å²) in [7, 11) is 0. The van der Waals surface area contributed by atoms with E-state index in [4.69, 9.17) is 0 Å². The fourth-order valence-corrected chi connectivity index (χ4v) is 4.55. The highest BCUT2D eigenvalue weighted by Crippen LogP contribution is 2.62. The van der Waals surface area contributed by atoms with Crippen LogP contribution in [0.1, 0.15) is 50.4 Å². The molecule has 0 spiro atoms. The van der Waals surface area contributed by atoms with Gasteiger partial charge in [-0.2, -0.15) is 0 Å². The van der Waals surface area contributed by atoms with Crippen molar-refractivity contribution in [3.8, 4) is 0 Å². The molecule has 0 heterocycles. The molecule has 0 aliphatic heterocycles. The summed E-state index contributed by atoms with van der Waals surface area (Å²) < 4.78 is 27.0. The van der Waals surface area contributed by atoms with E-state index < -0.39 is 17.5 Å². The van der Waals surface area contributed by atoms with Gasteiger partial charge in [0, 0.05) is 6.04 Å². The Morgan fingerprint density at radius 3 is 2.62 bits per heavy atom. The van der Waals surface area contributed by atoms with Crippen LogP contribution in [-0.2, 0) is 0 Å². The fraction of sp³-hybridized carbons (Fsp3) is 0.588. The quantitative estimate of drug-likeness (QED) is 0.880. The molecule has 1 N–H and O–H groups in total. The maximum absolute atomic E-state index is 13.8. The smallest absolute Gasteiger partial charge is 0.254 e. The Hall–Kier alpha value is -1.45. The zero-order valence-corrected chi connectivity index (χ0v) is 12.7. The molecule has 2 aliphatic rings. The van der Waals surface area contributed by atoms with Gasteiger partial charge >= 0.3 is 0 Å². The second kappa shape index (κ2) is 4.52. The molecule has 2 bridgehead atoms. The minimum absolute atomic E-state index is 0.00100. The summed E-state index contributed by atoms with van der Waals surface area (Å²) in [6.45, 7) is 6.51. The highest BCUT2D eigenvalue weighted by Gasteiger charge is 2.59. The Kier molecular flexibility index (Phi) is 3.12. The first-order chi connectivity index (χ1) is 9.75. The zero-order chi connectivity index (χ0) is 15.4. The van der Waals surface area contributed by atoms with Crippen molar-refractivity contribution in [2.45, 2.75) is 46.1 Å². The first-order valence-electron chi connectivity index (χ1n) is 7.50. The number of nitrogens with one attached hydrogen (secondary N) is 1. The molecule has 3 atom stereocenters. The first kappa shape index (κ1) is 14.5. The predicted octanol–water partition coefficient (Wildman–Crippen LogP) is 3.91. The van der Waals surface area contributed by atoms with Gasteiger partial charge in [-0.1, -0.05) is 26.8 Å². The minimum atomic E-state index is -1.07. The van der Waals surface area contributed by atoms with Crippen molar-refractivity contribution in [3.63, 3.8) is 0 Å². The van der Waals surface area contributed by atoms with Crippen molar-refractivity contribution in [3.05, 3.63) is 35.4 Å². The SMILES string of the molecule is CC12CCC(C1)C(C)(C)C2NC(=O)c1cccc(F)c1F. The molecular formula is C17H21F2NO. The van der Waals surface area contributed by atoms with Crippen molar-refractivity contribution in [2.24, 2.45) is 16.7 Å². The van der Waals surface area contributed by atoms with Crippen molar-refractivity contribution in [1.82, 2.24) is 5.32 Å². The third-order valence-corrected chi connectivity index (χ3v) is 5.74. The van der Waals surface area contributed by atoms with E-state index in [1.54, 1.807) is 0 Å². The maximum Gasteiger partial charge on any atom is 0.254 e. The van der Waals surface area contributed by atoms with Gasteiger partial charge in [0.05, 0.1) is 5.56 Å². The standard InChI is InChI=1S/C17H21F2NO/c1-16(2)10-7-8-17(3,9-10)15(16)20-14(21)11-5-4-6-12(18)13(11)19/h4-6,10,15H,7-9H2,1-3H3,(H,20,21). The molecule has 0 saturated heterocycles. The average molecular weight is 293 g/mol. The summed E-state index contributed by atoms with van der Waals surface area (Å²) >= 11 is 0. The van der Waals surface area contributed by atoms with Crippen LogP contribution in [0.15, 0.2) is 18.2 Å². The topological polar surface area (TPSA) is 29.1 Å². The third kappa shape index (κ3) is 2.07. The van der Waals surface area contributed by atoms with E-state index in [9.17, 15) is 13.6 Å². The van der Waals surface area contributed by atoms with Gasteiger partial charge in [0.15, 0.2) is 11.6 Å². The van der Waals surface area contributed by atoms with E-state index in [1.165, 1.54) is 18.6 Å². The number of benzene rings is 1. The van der Waals surface area contributed by atoms with E-state index in [2.05, 4.69) is 26.1 Å². The van der Waals surface area contributed by atoms with Gasteiger partial charge in [-0.25, -0.2) is 8.78 Å². The van der Waals surface area contributed by atoms with Gasteiger partial charge in [0.2, 0.25) is 0 Å². The number of rotatable bonds is 2. The van der Waals surface area contributed by atoms with Crippen LogP contribution in [0, 0.1) is 28.4 Å². The van der Waals surface area contributed by atoms with Gasteiger partial charge in [-0.15, -0.1) is 0 Å². The Bertz CT molecular complexity index is 594. The van der Waals surface area contributed by atoms with Crippen LogP contribution < -0.4 is 5.32 Å². The molecule has 1 aromatic carbocycles. The normalized spacial score (nSPS) is 33.2. The van der Waals surface area contributed by atoms with Crippen LogP contribution >= 0.6 is 0 Å². The summed E-state index contributed by atoms with van der Waals surface area (Å²) in [5.74, 6) is -1.98. The van der Waals surface area contributed by atoms with Crippen molar-refractivity contribution in [1.29, 1.82) is 0 Å². The summed E-state index contributed by atoms with van der Waals surface area (Å²) in [5.41, 5.74) is -0.155. The molecule has 1 aromatic rings. The van der Waals surface area contributed by atoms with Crippen LogP contribution in [-0.4, -0.2) is 11.9 Å². The number of hydrogen-bond acceptors (Lipinski definition) is 1. The molecule has 0 radical (unpaired) electrons. The highest BCUT2D eigenvalue weighted by molar-refractivity contribution is 5.94. The van der Waals surface area contributed by atoms with Gasteiger partial charge in [-0.05, 0) is 48.1 Å². The van der Waals surface area contributed by atoms with Crippen LogP contribution in [0.5, 0.6) is 0 Å². The van der Waals surface area contributed by atoms with Crippen molar-refractivity contribution >= 4 is 5.91 Å². The largest absolute Gasteiger partial charge is 0.348 e. The summed E-state index contributed by atoms with van der Waals surface area (Å²) in [6, 6.07) is 3.71. The van der Waals surface area contributed by atoms with Crippen LogP contribution in [0.25, 0.3) is 0 Å². The Labute approximate surface area is 123 Å². The molecular weight excluding hydrogens is 272 g/mol. The minimum Gasteiger partial charge on any atom is -0.348 e.